The Labute approximate surface area is 171 Å². The molecular weight excluding hydrogens is 444 g/mol. The molecule has 2 aromatic heterocycles. The topological polar surface area (TPSA) is 81.4 Å². The van der Waals surface area contributed by atoms with Gasteiger partial charge in [0, 0.05) is 32.9 Å². The fourth-order valence-electron chi connectivity index (χ4n) is 2.52. The molecular formula is C20H13BrN2O4S. The molecule has 0 radical (unpaired) electrons. The highest BCUT2D eigenvalue weighted by atomic mass is 79.9. The van der Waals surface area contributed by atoms with Crippen LogP contribution in [-0.2, 0) is 4.79 Å². The van der Waals surface area contributed by atoms with E-state index in [0.717, 1.165) is 21.1 Å². The van der Waals surface area contributed by atoms with Gasteiger partial charge in [-0.2, -0.15) is 0 Å². The van der Waals surface area contributed by atoms with Crippen molar-refractivity contribution < 1.29 is 13.9 Å². The summed E-state index contributed by atoms with van der Waals surface area (Å²) >= 11 is 4.74. The highest BCUT2D eigenvalue weighted by Gasteiger charge is 2.09. The molecule has 4 rings (SSSR count). The van der Waals surface area contributed by atoms with E-state index in [-0.39, 0.29) is 12.5 Å². The van der Waals surface area contributed by atoms with Crippen molar-refractivity contribution in [1.29, 1.82) is 0 Å². The number of rotatable bonds is 5. The zero-order valence-corrected chi connectivity index (χ0v) is 16.7. The number of nitrogens with zero attached hydrogens (tertiary/aromatic N) is 1. The molecule has 4 aromatic rings. The van der Waals surface area contributed by atoms with E-state index in [0.29, 0.717) is 16.5 Å². The van der Waals surface area contributed by atoms with Gasteiger partial charge in [-0.1, -0.05) is 28.1 Å². The second kappa shape index (κ2) is 7.95. The predicted octanol–water partition coefficient (Wildman–Crippen LogP) is 4.70. The number of carbonyl (C=O) groups is 1. The molecule has 0 fully saturated rings. The van der Waals surface area contributed by atoms with Crippen molar-refractivity contribution in [2.45, 2.75) is 0 Å². The molecule has 28 heavy (non-hydrogen) atoms. The van der Waals surface area contributed by atoms with Gasteiger partial charge in [-0.3, -0.25) is 10.1 Å². The van der Waals surface area contributed by atoms with Crippen LogP contribution in [0.4, 0.5) is 5.13 Å². The first-order valence-electron chi connectivity index (χ1n) is 8.25. The number of aromatic nitrogens is 1. The highest BCUT2D eigenvalue weighted by molar-refractivity contribution is 9.10. The van der Waals surface area contributed by atoms with E-state index in [1.54, 1.807) is 24.3 Å². The molecule has 0 bridgehead atoms. The number of anilines is 1. The number of fused-ring (bicyclic) bond motifs is 1. The quantitative estimate of drug-likeness (QED) is 0.440. The molecule has 1 amide bonds. The lowest BCUT2D eigenvalue weighted by atomic mass is 10.2. The van der Waals surface area contributed by atoms with Crippen molar-refractivity contribution in [2.75, 3.05) is 11.9 Å². The number of hydrogen-bond donors (Lipinski definition) is 1. The number of ether oxygens (including phenoxy) is 1. The lowest BCUT2D eigenvalue weighted by Crippen LogP contribution is -2.20. The van der Waals surface area contributed by atoms with E-state index in [9.17, 15) is 9.59 Å². The summed E-state index contributed by atoms with van der Waals surface area (Å²) in [6, 6.07) is 15.9. The third kappa shape index (κ3) is 4.29. The SMILES string of the molecule is O=C(COc1ccc2ccc(=O)oc2c1)Nc1nc(-c2ccc(Br)cc2)cs1. The average molecular weight is 457 g/mol. The van der Waals surface area contributed by atoms with Crippen LogP contribution in [0.15, 0.2) is 73.7 Å². The predicted molar refractivity (Wildman–Crippen MR) is 112 cm³/mol. The van der Waals surface area contributed by atoms with Gasteiger partial charge >= 0.3 is 5.63 Å². The van der Waals surface area contributed by atoms with Crippen molar-refractivity contribution >= 4 is 49.3 Å². The summed E-state index contributed by atoms with van der Waals surface area (Å²) in [4.78, 5) is 27.9. The van der Waals surface area contributed by atoms with Crippen molar-refractivity contribution in [3.8, 4) is 17.0 Å². The van der Waals surface area contributed by atoms with Crippen LogP contribution in [-0.4, -0.2) is 17.5 Å². The summed E-state index contributed by atoms with van der Waals surface area (Å²) in [6.45, 7) is -0.185. The van der Waals surface area contributed by atoms with Gasteiger partial charge < -0.3 is 9.15 Å². The molecule has 0 aliphatic carbocycles. The molecule has 0 unspecified atom stereocenters. The maximum atomic E-state index is 12.1. The van der Waals surface area contributed by atoms with Crippen LogP contribution < -0.4 is 15.7 Å². The molecule has 0 atom stereocenters. The molecule has 0 aliphatic heterocycles. The monoisotopic (exact) mass is 456 g/mol. The lowest BCUT2D eigenvalue weighted by Gasteiger charge is -2.06. The van der Waals surface area contributed by atoms with Gasteiger partial charge in [0.05, 0.1) is 5.69 Å². The Morgan fingerprint density at radius 1 is 1.14 bits per heavy atom. The van der Waals surface area contributed by atoms with Crippen molar-refractivity contribution in [3.05, 3.63) is 74.9 Å². The Kier molecular flexibility index (Phi) is 5.23. The van der Waals surface area contributed by atoms with Crippen LogP contribution in [0.25, 0.3) is 22.2 Å². The Bertz CT molecular complexity index is 1200. The second-order valence-electron chi connectivity index (χ2n) is 5.84. The number of thiazole rings is 1. The van der Waals surface area contributed by atoms with Gasteiger partial charge in [0.25, 0.3) is 5.91 Å². The largest absolute Gasteiger partial charge is 0.484 e. The number of carbonyl (C=O) groups excluding carboxylic acids is 1. The first-order valence-corrected chi connectivity index (χ1v) is 9.92. The average Bonchev–Trinajstić information content (AvgIpc) is 3.15. The van der Waals surface area contributed by atoms with Crippen molar-refractivity contribution in [1.82, 2.24) is 4.98 Å². The number of amides is 1. The number of hydrogen-bond acceptors (Lipinski definition) is 6. The zero-order chi connectivity index (χ0) is 19.5. The Morgan fingerprint density at radius 3 is 2.75 bits per heavy atom. The van der Waals surface area contributed by atoms with Crippen LogP contribution in [0.2, 0.25) is 0 Å². The molecule has 0 saturated heterocycles. The number of benzene rings is 2. The van der Waals surface area contributed by atoms with E-state index in [2.05, 4.69) is 26.2 Å². The van der Waals surface area contributed by atoms with Crippen LogP contribution in [0.5, 0.6) is 5.75 Å². The molecule has 6 nitrogen and oxygen atoms in total. The van der Waals surface area contributed by atoms with E-state index in [1.165, 1.54) is 17.4 Å². The van der Waals surface area contributed by atoms with E-state index >= 15 is 0 Å². The summed E-state index contributed by atoms with van der Waals surface area (Å²) in [6.07, 6.45) is 0. The zero-order valence-electron chi connectivity index (χ0n) is 14.3. The number of halogens is 1. The fraction of sp³-hybridized carbons (Fsp3) is 0.0500. The maximum absolute atomic E-state index is 12.1. The van der Waals surface area contributed by atoms with Crippen LogP contribution in [0.1, 0.15) is 0 Å². The minimum atomic E-state index is -0.437. The maximum Gasteiger partial charge on any atom is 0.336 e. The first-order chi connectivity index (χ1) is 13.6. The van der Waals surface area contributed by atoms with Gasteiger partial charge in [0.2, 0.25) is 0 Å². The molecule has 140 valence electrons. The molecule has 2 heterocycles. The third-order valence-corrected chi connectivity index (χ3v) is 5.14. The molecule has 0 aliphatic rings. The summed E-state index contributed by atoms with van der Waals surface area (Å²) in [7, 11) is 0. The summed E-state index contributed by atoms with van der Waals surface area (Å²) < 4.78 is 11.6. The van der Waals surface area contributed by atoms with Gasteiger partial charge in [0.15, 0.2) is 11.7 Å². The first kappa shape index (κ1) is 18.4. The van der Waals surface area contributed by atoms with E-state index in [1.807, 2.05) is 29.6 Å². The van der Waals surface area contributed by atoms with Crippen molar-refractivity contribution in [3.63, 3.8) is 0 Å². The van der Waals surface area contributed by atoms with Crippen LogP contribution in [0, 0.1) is 0 Å². The van der Waals surface area contributed by atoms with Gasteiger partial charge in [0.1, 0.15) is 11.3 Å². The van der Waals surface area contributed by atoms with E-state index in [4.69, 9.17) is 9.15 Å². The van der Waals surface area contributed by atoms with Gasteiger partial charge in [-0.25, -0.2) is 9.78 Å². The summed E-state index contributed by atoms with van der Waals surface area (Å²) in [5, 5.41) is 5.87. The van der Waals surface area contributed by atoms with Crippen LogP contribution >= 0.6 is 27.3 Å². The minimum Gasteiger partial charge on any atom is -0.484 e. The second-order valence-corrected chi connectivity index (χ2v) is 7.61. The Balaban J connectivity index is 1.38. The third-order valence-electron chi connectivity index (χ3n) is 3.86. The van der Waals surface area contributed by atoms with Crippen LogP contribution in [0.3, 0.4) is 0 Å². The normalized spacial score (nSPS) is 10.8. The summed E-state index contributed by atoms with van der Waals surface area (Å²) in [5.41, 5.74) is 1.73. The Hall–Kier alpha value is -2.97. The summed E-state index contributed by atoms with van der Waals surface area (Å²) in [5.74, 6) is 0.109. The minimum absolute atomic E-state index is 0.185. The lowest BCUT2D eigenvalue weighted by molar-refractivity contribution is -0.118. The molecule has 8 heteroatoms. The smallest absolute Gasteiger partial charge is 0.336 e. The van der Waals surface area contributed by atoms with E-state index < -0.39 is 5.63 Å². The van der Waals surface area contributed by atoms with Gasteiger partial charge in [-0.05, 0) is 30.3 Å². The highest BCUT2D eigenvalue weighted by Crippen LogP contribution is 2.26. The standard InChI is InChI=1S/C20H13BrN2O4S/c21-14-5-1-12(2-6-14)16-11-28-20(22-16)23-18(24)10-26-15-7-3-13-4-8-19(25)27-17(13)9-15/h1-9,11H,10H2,(H,22,23,24). The molecule has 2 aromatic carbocycles. The van der Waals surface area contributed by atoms with Gasteiger partial charge in [-0.15, -0.1) is 11.3 Å². The molecule has 1 N–H and O–H groups in total. The van der Waals surface area contributed by atoms with Crippen molar-refractivity contribution in [2.24, 2.45) is 0 Å². The number of nitrogens with one attached hydrogen (secondary N) is 1. The molecule has 0 spiro atoms. The fourth-order valence-corrected chi connectivity index (χ4v) is 3.52. The Morgan fingerprint density at radius 2 is 1.93 bits per heavy atom. The molecule has 0 saturated carbocycles.